The lowest BCUT2D eigenvalue weighted by molar-refractivity contribution is 0.0943. The zero-order chi connectivity index (χ0) is 15.9. The van der Waals surface area contributed by atoms with E-state index < -0.39 is 11.7 Å². The minimum Gasteiger partial charge on any atom is -0.492 e. The van der Waals surface area contributed by atoms with E-state index in [0.29, 0.717) is 6.61 Å². The van der Waals surface area contributed by atoms with Crippen LogP contribution in [0.5, 0.6) is 5.75 Å². The molecule has 0 aliphatic rings. The van der Waals surface area contributed by atoms with E-state index in [9.17, 15) is 9.18 Å². The molecule has 0 heterocycles. The number of benzene rings is 2. The van der Waals surface area contributed by atoms with E-state index in [1.807, 2.05) is 24.3 Å². The monoisotopic (exact) mass is 321 g/mol. The fourth-order valence-electron chi connectivity index (χ4n) is 1.96. The summed E-state index contributed by atoms with van der Waals surface area (Å²) in [4.78, 5) is 11.9. The first-order valence-corrected chi connectivity index (χ1v) is 7.43. The van der Waals surface area contributed by atoms with E-state index in [1.165, 1.54) is 23.8 Å². The van der Waals surface area contributed by atoms with Crippen molar-refractivity contribution in [2.75, 3.05) is 13.2 Å². The average molecular weight is 322 g/mol. The molecule has 2 rings (SSSR count). The van der Waals surface area contributed by atoms with Gasteiger partial charge in [0.15, 0.2) is 0 Å². The Balaban J connectivity index is 1.82. The SMILES string of the molecule is CCc1ccc(OCCNC(=O)c2c(F)cccc2Cl)cc1. The molecule has 2 aromatic carbocycles. The first-order chi connectivity index (χ1) is 10.6. The normalized spacial score (nSPS) is 10.3. The van der Waals surface area contributed by atoms with E-state index >= 15 is 0 Å². The number of hydrogen-bond acceptors (Lipinski definition) is 2. The van der Waals surface area contributed by atoms with Gasteiger partial charge in [-0.15, -0.1) is 0 Å². The minimum atomic E-state index is -0.638. The van der Waals surface area contributed by atoms with Gasteiger partial charge >= 0.3 is 0 Å². The third-order valence-corrected chi connectivity index (χ3v) is 3.49. The van der Waals surface area contributed by atoms with Gasteiger partial charge in [0.2, 0.25) is 0 Å². The maximum Gasteiger partial charge on any atom is 0.255 e. The van der Waals surface area contributed by atoms with E-state index in [-0.39, 0.29) is 17.1 Å². The van der Waals surface area contributed by atoms with Gasteiger partial charge in [-0.2, -0.15) is 0 Å². The van der Waals surface area contributed by atoms with Crippen LogP contribution in [0.25, 0.3) is 0 Å². The Hall–Kier alpha value is -2.07. The molecule has 0 fully saturated rings. The van der Waals surface area contributed by atoms with Crippen LogP contribution in [0.2, 0.25) is 5.02 Å². The Kier molecular flexibility index (Phi) is 5.78. The molecule has 0 spiro atoms. The zero-order valence-corrected chi connectivity index (χ0v) is 13.0. The molecule has 1 amide bonds. The molecular weight excluding hydrogens is 305 g/mol. The average Bonchev–Trinajstić information content (AvgIpc) is 2.52. The summed E-state index contributed by atoms with van der Waals surface area (Å²) in [6.07, 6.45) is 0.972. The van der Waals surface area contributed by atoms with Crippen LogP contribution in [-0.4, -0.2) is 19.1 Å². The number of carbonyl (C=O) groups excluding carboxylic acids is 1. The number of carbonyl (C=O) groups is 1. The summed E-state index contributed by atoms with van der Waals surface area (Å²) in [5.74, 6) is -0.454. The Morgan fingerprint density at radius 3 is 2.59 bits per heavy atom. The molecule has 0 atom stereocenters. The molecule has 0 aliphatic heterocycles. The summed E-state index contributed by atoms with van der Waals surface area (Å²) in [6.45, 7) is 2.64. The molecule has 0 bridgehead atoms. The van der Waals surface area contributed by atoms with Crippen molar-refractivity contribution in [3.63, 3.8) is 0 Å². The second kappa shape index (κ2) is 7.80. The van der Waals surface area contributed by atoms with Gasteiger partial charge in [-0.1, -0.05) is 36.7 Å². The van der Waals surface area contributed by atoms with Crippen molar-refractivity contribution in [1.29, 1.82) is 0 Å². The Morgan fingerprint density at radius 1 is 1.23 bits per heavy atom. The number of ether oxygens (including phenoxy) is 1. The van der Waals surface area contributed by atoms with Crippen LogP contribution in [0, 0.1) is 5.82 Å². The fraction of sp³-hybridized carbons (Fsp3) is 0.235. The Morgan fingerprint density at radius 2 is 1.95 bits per heavy atom. The van der Waals surface area contributed by atoms with Crippen LogP contribution in [0.3, 0.4) is 0 Å². The summed E-state index contributed by atoms with van der Waals surface area (Å²) < 4.78 is 19.1. The van der Waals surface area contributed by atoms with Crippen molar-refractivity contribution in [3.05, 3.63) is 64.4 Å². The van der Waals surface area contributed by atoms with Gasteiger partial charge in [0, 0.05) is 0 Å². The van der Waals surface area contributed by atoms with E-state index in [1.54, 1.807) is 0 Å². The van der Waals surface area contributed by atoms with Crippen molar-refractivity contribution >= 4 is 17.5 Å². The molecule has 2 aromatic rings. The largest absolute Gasteiger partial charge is 0.492 e. The number of halogens is 2. The van der Waals surface area contributed by atoms with Crippen LogP contribution < -0.4 is 10.1 Å². The van der Waals surface area contributed by atoms with Gasteiger partial charge in [0.05, 0.1) is 17.1 Å². The van der Waals surface area contributed by atoms with Crippen LogP contribution >= 0.6 is 11.6 Å². The van der Waals surface area contributed by atoms with Crippen molar-refractivity contribution < 1.29 is 13.9 Å². The molecule has 22 heavy (non-hydrogen) atoms. The number of aryl methyl sites for hydroxylation is 1. The standard InChI is InChI=1S/C17H17ClFNO2/c1-2-12-6-8-13(9-7-12)22-11-10-20-17(21)16-14(18)4-3-5-15(16)19/h3-9H,2,10-11H2,1H3,(H,20,21). The van der Waals surface area contributed by atoms with Crippen LogP contribution in [0.4, 0.5) is 4.39 Å². The topological polar surface area (TPSA) is 38.3 Å². The summed E-state index contributed by atoms with van der Waals surface area (Å²) >= 11 is 5.83. The lowest BCUT2D eigenvalue weighted by Crippen LogP contribution is -2.29. The number of nitrogens with one attached hydrogen (secondary N) is 1. The van der Waals surface area contributed by atoms with Gasteiger partial charge in [0.25, 0.3) is 5.91 Å². The molecule has 0 unspecified atom stereocenters. The van der Waals surface area contributed by atoms with E-state index in [2.05, 4.69) is 12.2 Å². The van der Waals surface area contributed by atoms with Crippen LogP contribution in [-0.2, 0) is 6.42 Å². The highest BCUT2D eigenvalue weighted by atomic mass is 35.5. The van der Waals surface area contributed by atoms with Crippen LogP contribution in [0.15, 0.2) is 42.5 Å². The predicted octanol–water partition coefficient (Wildman–Crippen LogP) is 3.85. The molecule has 0 saturated carbocycles. The second-order valence-electron chi connectivity index (χ2n) is 4.70. The number of amides is 1. The number of hydrogen-bond donors (Lipinski definition) is 1. The van der Waals surface area contributed by atoms with Crippen molar-refractivity contribution in [1.82, 2.24) is 5.32 Å². The minimum absolute atomic E-state index is 0.0913. The first-order valence-electron chi connectivity index (χ1n) is 7.05. The van der Waals surface area contributed by atoms with Crippen molar-refractivity contribution in [3.8, 4) is 5.75 Å². The molecular formula is C17H17ClFNO2. The third-order valence-electron chi connectivity index (χ3n) is 3.18. The molecule has 1 N–H and O–H groups in total. The van der Waals surface area contributed by atoms with Crippen molar-refractivity contribution in [2.45, 2.75) is 13.3 Å². The fourth-order valence-corrected chi connectivity index (χ4v) is 2.21. The Labute approximate surface area is 134 Å². The van der Waals surface area contributed by atoms with E-state index in [0.717, 1.165) is 12.2 Å². The number of rotatable bonds is 6. The Bertz CT molecular complexity index is 623. The third kappa shape index (κ3) is 4.21. The molecule has 3 nitrogen and oxygen atoms in total. The highest BCUT2D eigenvalue weighted by Crippen LogP contribution is 2.18. The highest BCUT2D eigenvalue weighted by molar-refractivity contribution is 6.33. The van der Waals surface area contributed by atoms with E-state index in [4.69, 9.17) is 16.3 Å². The van der Waals surface area contributed by atoms with Gasteiger partial charge < -0.3 is 10.1 Å². The quantitative estimate of drug-likeness (QED) is 0.821. The molecule has 0 aromatic heterocycles. The van der Waals surface area contributed by atoms with Gasteiger partial charge in [-0.05, 0) is 36.2 Å². The molecule has 0 aliphatic carbocycles. The molecule has 0 saturated heterocycles. The maximum atomic E-state index is 13.6. The van der Waals surface area contributed by atoms with Crippen LogP contribution in [0.1, 0.15) is 22.8 Å². The summed E-state index contributed by atoms with van der Waals surface area (Å²) in [7, 11) is 0. The van der Waals surface area contributed by atoms with Crippen molar-refractivity contribution in [2.24, 2.45) is 0 Å². The van der Waals surface area contributed by atoms with Gasteiger partial charge in [-0.3, -0.25) is 4.79 Å². The molecule has 116 valence electrons. The predicted molar refractivity (Wildman–Crippen MR) is 85.1 cm³/mol. The smallest absolute Gasteiger partial charge is 0.255 e. The van der Waals surface area contributed by atoms with Gasteiger partial charge in [0.1, 0.15) is 18.2 Å². The summed E-state index contributed by atoms with van der Waals surface area (Å²) in [6, 6.07) is 11.9. The zero-order valence-electron chi connectivity index (χ0n) is 12.2. The maximum absolute atomic E-state index is 13.6. The summed E-state index contributed by atoms with van der Waals surface area (Å²) in [5.41, 5.74) is 1.09. The lowest BCUT2D eigenvalue weighted by Gasteiger charge is -2.09. The lowest BCUT2D eigenvalue weighted by atomic mass is 10.2. The first kappa shape index (κ1) is 16.3. The summed E-state index contributed by atoms with van der Waals surface area (Å²) in [5, 5.41) is 2.68. The van der Waals surface area contributed by atoms with Gasteiger partial charge in [-0.25, -0.2) is 4.39 Å². The molecule has 5 heteroatoms. The second-order valence-corrected chi connectivity index (χ2v) is 5.11. The molecule has 0 radical (unpaired) electrons. The highest BCUT2D eigenvalue weighted by Gasteiger charge is 2.14.